The second kappa shape index (κ2) is 18.0. The van der Waals surface area contributed by atoms with Gasteiger partial charge in [0, 0.05) is 0 Å². The van der Waals surface area contributed by atoms with Crippen molar-refractivity contribution in [2.45, 2.75) is 0 Å². The fourth-order valence-corrected chi connectivity index (χ4v) is 21.4. The molecule has 2 aromatic heterocycles. The molecule has 14 aromatic rings. The first kappa shape index (κ1) is 44.8. The molecular formula is C68H47IN2OP2. The van der Waals surface area contributed by atoms with Crippen LogP contribution in [-0.4, -0.2) is 9.13 Å². The molecule has 0 radical (unpaired) electrons. The molecule has 14 rings (SSSR count). The molecule has 0 bridgehead atoms. The average molecular weight is 1100 g/mol. The Morgan fingerprint density at radius 2 is 0.676 bits per heavy atom. The van der Waals surface area contributed by atoms with Gasteiger partial charge in [0.2, 0.25) is 0 Å². The molecule has 1 atom stereocenters. The fraction of sp³-hybridized carbons (Fsp3) is 0. The molecule has 74 heavy (non-hydrogen) atoms. The van der Waals surface area contributed by atoms with Gasteiger partial charge in [-0.05, 0) is 0 Å². The van der Waals surface area contributed by atoms with Crippen molar-refractivity contribution < 1.29 is 4.57 Å². The maximum atomic E-state index is 17.5. The second-order valence-corrected chi connectivity index (χ2v) is 29.8. The van der Waals surface area contributed by atoms with Crippen LogP contribution < -0.4 is 31.8 Å². The quantitative estimate of drug-likeness (QED) is 0.105. The van der Waals surface area contributed by atoms with Gasteiger partial charge in [0.05, 0.1) is 0 Å². The normalized spacial score (nSPS) is 13.0. The molecule has 0 fully saturated rings. The van der Waals surface area contributed by atoms with E-state index in [-0.39, 0.29) is 0 Å². The number of benzene rings is 12. The van der Waals surface area contributed by atoms with E-state index in [0.717, 1.165) is 71.0 Å². The first-order chi connectivity index (χ1) is 36.5. The summed E-state index contributed by atoms with van der Waals surface area (Å²) in [7, 11) is -3.64. The molecular weight excluding hydrogens is 1050 g/mol. The minimum absolute atomic E-state index is 0.785. The number of para-hydroxylation sites is 4. The van der Waals surface area contributed by atoms with Crippen LogP contribution in [0.15, 0.2) is 279 Å². The Kier molecular flexibility index (Phi) is 10.9. The molecule has 3 nitrogen and oxygen atoms in total. The molecule has 0 amide bonds. The zero-order chi connectivity index (χ0) is 49.4. The molecule has 12 aromatic carbocycles. The Bertz CT molecular complexity index is 4420. The third kappa shape index (κ3) is 6.93. The Balaban J connectivity index is 1.03. The van der Waals surface area contributed by atoms with Crippen LogP contribution in [-0.2, 0) is 4.57 Å². The molecule has 0 saturated heterocycles. The van der Waals surface area contributed by atoms with E-state index >= 15 is 4.57 Å². The summed E-state index contributed by atoms with van der Waals surface area (Å²) in [5.74, 6) is 0. The maximum absolute atomic E-state index is 17.5. The summed E-state index contributed by atoms with van der Waals surface area (Å²) in [5.41, 5.74) is 8.94. The van der Waals surface area contributed by atoms with E-state index in [1.165, 1.54) is 48.5 Å². The summed E-state index contributed by atoms with van der Waals surface area (Å²) < 4.78 is 22.2. The van der Waals surface area contributed by atoms with Gasteiger partial charge in [0.25, 0.3) is 0 Å². The summed E-state index contributed by atoms with van der Waals surface area (Å²) in [6.45, 7) is 0. The van der Waals surface area contributed by atoms with Crippen molar-refractivity contribution in [3.05, 3.63) is 279 Å². The van der Waals surface area contributed by atoms with Crippen molar-refractivity contribution in [1.29, 1.82) is 0 Å². The van der Waals surface area contributed by atoms with Crippen molar-refractivity contribution >= 4 is 131 Å². The molecule has 2 heterocycles. The van der Waals surface area contributed by atoms with Gasteiger partial charge in [-0.25, -0.2) is 0 Å². The fourth-order valence-electron chi connectivity index (χ4n) is 11.9. The van der Waals surface area contributed by atoms with Crippen molar-refractivity contribution in [2.75, 3.05) is 0 Å². The topological polar surface area (TPSA) is 26.9 Å². The number of hydrogen-bond acceptors (Lipinski definition) is 1. The van der Waals surface area contributed by atoms with Gasteiger partial charge in [-0.2, -0.15) is 0 Å². The Labute approximate surface area is 443 Å². The zero-order valence-electron chi connectivity index (χ0n) is 40.2. The van der Waals surface area contributed by atoms with E-state index in [0.29, 0.717) is 0 Å². The van der Waals surface area contributed by atoms with Crippen LogP contribution in [0.4, 0.5) is 0 Å². The van der Waals surface area contributed by atoms with Crippen LogP contribution >= 0.6 is 34.1 Å². The van der Waals surface area contributed by atoms with E-state index < -0.39 is 12.0 Å². The first-order valence-electron chi connectivity index (χ1n) is 25.1. The van der Waals surface area contributed by atoms with Crippen LogP contribution in [0.25, 0.3) is 87.7 Å². The van der Waals surface area contributed by atoms with Gasteiger partial charge >= 0.3 is 410 Å². The summed E-state index contributed by atoms with van der Waals surface area (Å²) in [5, 5.41) is 15.6. The van der Waals surface area contributed by atoms with Gasteiger partial charge < -0.3 is 0 Å². The predicted molar refractivity (Wildman–Crippen MR) is 329 cm³/mol. The van der Waals surface area contributed by atoms with Crippen molar-refractivity contribution in [3.8, 4) is 22.5 Å². The van der Waals surface area contributed by atoms with E-state index in [1.54, 1.807) is 0 Å². The molecule has 0 spiro atoms. The number of aromatic nitrogens is 2. The molecule has 1 unspecified atom stereocenters. The van der Waals surface area contributed by atoms with Crippen molar-refractivity contribution in [3.63, 3.8) is 0 Å². The number of fused-ring (bicyclic) bond motifs is 8. The monoisotopic (exact) mass is 1100 g/mol. The second-order valence-electron chi connectivity index (χ2n) is 19.2. The minimum atomic E-state index is -3.64. The van der Waals surface area contributed by atoms with Gasteiger partial charge in [-0.1, -0.05) is 36.4 Å². The number of halogens is 1. The summed E-state index contributed by atoms with van der Waals surface area (Å²) >= 11 is 2.87. The third-order valence-electron chi connectivity index (χ3n) is 15.2. The first-order valence-corrected chi connectivity index (χ1v) is 32.0. The van der Waals surface area contributed by atoms with E-state index in [4.69, 9.17) is 0 Å². The molecule has 0 aliphatic carbocycles. The van der Waals surface area contributed by atoms with Crippen LogP contribution in [0, 0.1) is 0 Å². The number of hydrogen-bond donors (Lipinski definition) is 0. The Morgan fingerprint density at radius 1 is 0.311 bits per heavy atom. The van der Waals surface area contributed by atoms with E-state index in [1.807, 2.05) is 18.2 Å². The predicted octanol–water partition coefficient (Wildman–Crippen LogP) is 15.9. The van der Waals surface area contributed by atoms with E-state index in [9.17, 15) is 0 Å². The zero-order valence-corrected chi connectivity index (χ0v) is 44.2. The van der Waals surface area contributed by atoms with Crippen LogP contribution in [0.1, 0.15) is 0 Å². The van der Waals surface area contributed by atoms with Gasteiger partial charge in [-0.15, -0.1) is 0 Å². The van der Waals surface area contributed by atoms with Gasteiger partial charge in [0.15, 0.2) is 0 Å². The van der Waals surface area contributed by atoms with Gasteiger partial charge in [-0.3, -0.25) is 0 Å². The SMILES string of the molecule is O=P(c1ccccc1)(c1ccc(-n2c3ccccc3c3ccccc32)cc1)c1ccc2ccccc2c1-c1c([PH](I)(c2ccccc2)c2ccc(-n3c4ccccc4c4ccccc43)cc2)ccc2ccccc12. The molecule has 0 saturated carbocycles. The van der Waals surface area contributed by atoms with Crippen LogP contribution in [0.3, 0.4) is 0 Å². The Morgan fingerprint density at radius 3 is 1.18 bits per heavy atom. The average Bonchev–Trinajstić information content (AvgIpc) is 4.04. The Hall–Kier alpha value is -7.85. The number of nitrogens with zero attached hydrogens (tertiary/aromatic N) is 2. The molecule has 0 N–H and O–H groups in total. The van der Waals surface area contributed by atoms with Gasteiger partial charge in [0.1, 0.15) is 0 Å². The van der Waals surface area contributed by atoms with Crippen LogP contribution in [0.5, 0.6) is 0 Å². The third-order valence-corrected chi connectivity index (χ3v) is 27.2. The van der Waals surface area contributed by atoms with E-state index in [2.05, 4.69) is 292 Å². The number of rotatable bonds is 9. The van der Waals surface area contributed by atoms with Crippen molar-refractivity contribution in [1.82, 2.24) is 9.13 Å². The molecule has 0 aliphatic rings. The summed E-state index contributed by atoms with van der Waals surface area (Å²) in [6, 6.07) is 100. The summed E-state index contributed by atoms with van der Waals surface area (Å²) in [6.07, 6.45) is 0. The molecule has 0 aliphatic heterocycles. The summed E-state index contributed by atoms with van der Waals surface area (Å²) in [4.78, 5) is -2.98. The van der Waals surface area contributed by atoms with Crippen molar-refractivity contribution in [2.24, 2.45) is 0 Å². The van der Waals surface area contributed by atoms with Crippen LogP contribution in [0.2, 0.25) is 0 Å². The standard InChI is InChI=1S/C68H47IN2OP2/c69-73(51-21-3-1-4-22-51,52-41-37-49(38-42-52)70-61-31-15-11-27-57(61)58-28-12-16-32-62(58)70)65-45-35-47-19-7-9-25-55(47)67(65)68-56-26-10-8-20-48(56)36-46-66(68)74(72,53-23-5-2-6-24-53)54-43-39-50(40-44-54)71-63-33-17-13-29-59(63)60-30-14-18-34-64(60)71/h1-46,73H. The molecule has 352 valence electrons. The molecule has 6 heteroatoms.